The Morgan fingerprint density at radius 3 is 0.911 bits per heavy atom. The fourth-order valence-corrected chi connectivity index (χ4v) is 6.20. The van der Waals surface area contributed by atoms with E-state index >= 15 is 0 Å². The summed E-state index contributed by atoms with van der Waals surface area (Å²) in [4.78, 5) is 4.62. The van der Waals surface area contributed by atoms with Crippen molar-refractivity contribution < 1.29 is 0 Å². The van der Waals surface area contributed by atoms with E-state index in [-0.39, 0.29) is 0 Å². The van der Waals surface area contributed by atoms with Gasteiger partial charge in [-0.2, -0.15) is 0 Å². The summed E-state index contributed by atoms with van der Waals surface area (Å²) in [5, 5.41) is 0. The molecule has 0 unspecified atom stereocenters. The van der Waals surface area contributed by atoms with Gasteiger partial charge in [0.15, 0.2) is 0 Å². The average molecular weight is 644 g/mol. The zero-order valence-electron chi connectivity index (χ0n) is 24.7. The molecule has 45 heavy (non-hydrogen) atoms. The number of para-hydroxylation sites is 2. The molecule has 0 heterocycles. The van der Waals surface area contributed by atoms with Crippen molar-refractivity contribution in [3.63, 3.8) is 0 Å². The van der Waals surface area contributed by atoms with Gasteiger partial charge in [0.05, 0.1) is 0 Å². The molecular formula is C42H31BrN2. The molecule has 7 rings (SSSR count). The van der Waals surface area contributed by atoms with Gasteiger partial charge in [-0.1, -0.05) is 137 Å². The first kappa shape index (κ1) is 28.4. The second-order valence-electron chi connectivity index (χ2n) is 10.8. The van der Waals surface area contributed by atoms with Gasteiger partial charge in [-0.05, 0) is 89.0 Å². The molecule has 0 aliphatic carbocycles. The predicted molar refractivity (Wildman–Crippen MR) is 194 cm³/mol. The number of rotatable bonds is 8. The third kappa shape index (κ3) is 6.31. The van der Waals surface area contributed by atoms with Gasteiger partial charge in [-0.15, -0.1) is 0 Å². The smallest absolute Gasteiger partial charge is 0.0493 e. The van der Waals surface area contributed by atoms with E-state index < -0.39 is 0 Å². The molecule has 0 amide bonds. The quantitative estimate of drug-likeness (QED) is 0.163. The van der Waals surface area contributed by atoms with Crippen LogP contribution in [0.25, 0.3) is 22.3 Å². The summed E-state index contributed by atoms with van der Waals surface area (Å²) in [6.45, 7) is 0. The van der Waals surface area contributed by atoms with Crippen LogP contribution in [-0.2, 0) is 0 Å². The molecule has 3 heteroatoms. The minimum atomic E-state index is 0.999. The highest BCUT2D eigenvalue weighted by Crippen LogP contribution is 2.42. The van der Waals surface area contributed by atoms with Gasteiger partial charge in [0.2, 0.25) is 0 Å². The van der Waals surface area contributed by atoms with Crippen LogP contribution in [0, 0.1) is 0 Å². The van der Waals surface area contributed by atoms with Crippen LogP contribution in [-0.4, -0.2) is 0 Å². The van der Waals surface area contributed by atoms with Crippen molar-refractivity contribution >= 4 is 50.1 Å². The summed E-state index contributed by atoms with van der Waals surface area (Å²) in [5.74, 6) is 0. The minimum absolute atomic E-state index is 0.999. The highest BCUT2D eigenvalue weighted by atomic mass is 79.9. The van der Waals surface area contributed by atoms with E-state index in [2.05, 4.69) is 214 Å². The van der Waals surface area contributed by atoms with Crippen LogP contribution in [0.5, 0.6) is 0 Å². The van der Waals surface area contributed by atoms with Gasteiger partial charge in [0.25, 0.3) is 0 Å². The SMILES string of the molecule is Brc1cc(N(c2ccccc2)c2ccc(-c3ccccc3)cc2)cc(N(c2ccccc2)c2ccc(-c3ccccc3)cc2)c1. The molecule has 0 radical (unpaired) electrons. The lowest BCUT2D eigenvalue weighted by molar-refractivity contribution is 1.24. The maximum Gasteiger partial charge on any atom is 0.0493 e. The first-order valence-corrected chi connectivity index (χ1v) is 15.8. The molecule has 0 aliphatic rings. The molecule has 0 atom stereocenters. The molecule has 7 aromatic rings. The van der Waals surface area contributed by atoms with Crippen molar-refractivity contribution in [1.82, 2.24) is 0 Å². The summed E-state index contributed by atoms with van der Waals surface area (Å²) in [6, 6.07) is 66.3. The topological polar surface area (TPSA) is 6.48 Å². The lowest BCUT2D eigenvalue weighted by Gasteiger charge is -2.30. The highest BCUT2D eigenvalue weighted by Gasteiger charge is 2.18. The third-order valence-electron chi connectivity index (χ3n) is 7.88. The van der Waals surface area contributed by atoms with Gasteiger partial charge >= 0.3 is 0 Å². The molecule has 0 fully saturated rings. The minimum Gasteiger partial charge on any atom is -0.310 e. The Bertz CT molecular complexity index is 1830. The molecule has 2 nitrogen and oxygen atoms in total. The van der Waals surface area contributed by atoms with Crippen molar-refractivity contribution in [3.8, 4) is 22.3 Å². The Balaban J connectivity index is 1.33. The van der Waals surface area contributed by atoms with Gasteiger partial charge in [-0.3, -0.25) is 0 Å². The summed E-state index contributed by atoms with van der Waals surface area (Å²) in [7, 11) is 0. The van der Waals surface area contributed by atoms with Crippen LogP contribution in [0.15, 0.2) is 193 Å². The second-order valence-corrected chi connectivity index (χ2v) is 11.8. The van der Waals surface area contributed by atoms with Gasteiger partial charge in [0, 0.05) is 38.6 Å². The number of nitrogens with zero attached hydrogens (tertiary/aromatic N) is 2. The number of halogens is 1. The van der Waals surface area contributed by atoms with E-state index in [4.69, 9.17) is 0 Å². The Hall–Kier alpha value is -5.38. The molecule has 0 saturated carbocycles. The number of hydrogen-bond acceptors (Lipinski definition) is 2. The van der Waals surface area contributed by atoms with E-state index in [1.807, 2.05) is 0 Å². The number of benzene rings is 7. The molecule has 7 aromatic carbocycles. The van der Waals surface area contributed by atoms with Crippen LogP contribution >= 0.6 is 15.9 Å². The summed E-state index contributed by atoms with van der Waals surface area (Å²) in [5.41, 5.74) is 11.3. The van der Waals surface area contributed by atoms with Crippen molar-refractivity contribution in [2.45, 2.75) is 0 Å². The van der Waals surface area contributed by atoms with Crippen LogP contribution in [0.3, 0.4) is 0 Å². The van der Waals surface area contributed by atoms with E-state index in [9.17, 15) is 0 Å². The van der Waals surface area contributed by atoms with E-state index in [0.29, 0.717) is 0 Å². The summed E-state index contributed by atoms with van der Waals surface area (Å²) >= 11 is 3.87. The molecular weight excluding hydrogens is 612 g/mol. The monoisotopic (exact) mass is 642 g/mol. The Morgan fingerprint density at radius 2 is 0.556 bits per heavy atom. The van der Waals surface area contributed by atoms with Gasteiger partial charge in [0.1, 0.15) is 0 Å². The second kappa shape index (κ2) is 13.1. The molecule has 216 valence electrons. The molecule has 0 bridgehead atoms. The normalized spacial score (nSPS) is 10.8. The Labute approximate surface area is 273 Å². The fourth-order valence-electron chi connectivity index (χ4n) is 5.73. The van der Waals surface area contributed by atoms with E-state index in [0.717, 1.165) is 38.6 Å². The largest absolute Gasteiger partial charge is 0.310 e. The van der Waals surface area contributed by atoms with Crippen LogP contribution in [0.4, 0.5) is 34.1 Å². The van der Waals surface area contributed by atoms with Crippen LogP contribution in [0.1, 0.15) is 0 Å². The number of anilines is 6. The third-order valence-corrected chi connectivity index (χ3v) is 8.34. The maximum atomic E-state index is 3.87. The maximum absolute atomic E-state index is 3.87. The zero-order chi connectivity index (χ0) is 30.4. The molecule has 0 aromatic heterocycles. The summed E-state index contributed by atoms with van der Waals surface area (Å²) in [6.07, 6.45) is 0. The fraction of sp³-hybridized carbons (Fsp3) is 0. The number of hydrogen-bond donors (Lipinski definition) is 0. The Morgan fingerprint density at radius 1 is 0.267 bits per heavy atom. The van der Waals surface area contributed by atoms with Gasteiger partial charge < -0.3 is 9.80 Å². The van der Waals surface area contributed by atoms with Gasteiger partial charge in [-0.25, -0.2) is 0 Å². The van der Waals surface area contributed by atoms with Crippen molar-refractivity contribution in [3.05, 3.63) is 193 Å². The molecule has 0 saturated heterocycles. The van der Waals surface area contributed by atoms with Crippen LogP contribution < -0.4 is 9.80 Å². The predicted octanol–water partition coefficient (Wildman–Crippen LogP) is 12.7. The lowest BCUT2D eigenvalue weighted by atomic mass is 10.0. The van der Waals surface area contributed by atoms with Crippen molar-refractivity contribution in [2.75, 3.05) is 9.80 Å². The first-order chi connectivity index (χ1) is 22.2. The average Bonchev–Trinajstić information content (AvgIpc) is 3.11. The van der Waals surface area contributed by atoms with E-state index in [1.165, 1.54) is 22.3 Å². The van der Waals surface area contributed by atoms with E-state index in [1.54, 1.807) is 0 Å². The Kier molecular flexibility index (Phi) is 8.26. The van der Waals surface area contributed by atoms with Crippen molar-refractivity contribution in [2.24, 2.45) is 0 Å². The first-order valence-electron chi connectivity index (χ1n) is 15.0. The zero-order valence-corrected chi connectivity index (χ0v) is 26.3. The standard InChI is InChI=1S/C42H31BrN2/c43-36-29-41(44(37-17-9-3-10-18-37)39-25-21-34(22-26-39)32-13-5-1-6-14-32)31-42(30-36)45(38-19-11-4-12-20-38)40-27-23-35(24-28-40)33-15-7-2-8-16-33/h1-31H. The summed E-state index contributed by atoms with van der Waals surface area (Å²) < 4.78 is 0.999. The molecule has 0 spiro atoms. The lowest BCUT2D eigenvalue weighted by Crippen LogP contribution is -2.13. The molecule has 0 aliphatic heterocycles. The van der Waals surface area contributed by atoms with Crippen molar-refractivity contribution in [1.29, 1.82) is 0 Å². The van der Waals surface area contributed by atoms with Crippen LogP contribution in [0.2, 0.25) is 0 Å². The molecule has 0 N–H and O–H groups in total. The highest BCUT2D eigenvalue weighted by molar-refractivity contribution is 9.10.